The summed E-state index contributed by atoms with van der Waals surface area (Å²) in [5.74, 6) is 5.59. The second-order valence-corrected chi connectivity index (χ2v) is 10.6. The van der Waals surface area contributed by atoms with Gasteiger partial charge in [-0.1, -0.05) is 68.5 Å². The van der Waals surface area contributed by atoms with Crippen molar-refractivity contribution in [3.05, 3.63) is 142 Å². The molecule has 5 heterocycles. The molecule has 8 heteroatoms. The van der Waals surface area contributed by atoms with Crippen molar-refractivity contribution in [3.8, 4) is 0 Å². The molecule has 0 aromatic heterocycles. The van der Waals surface area contributed by atoms with Crippen molar-refractivity contribution >= 4 is 46.7 Å². The number of aliphatic imine (C=N–C) groups is 6. The molecule has 42 heavy (non-hydrogen) atoms. The standard InChI is InChI=1S/C34H22N8/c1-41-31-23-15-7-8-16-24(23)32(41)38-28-20-12-4-6-14-22(20)30(36-28)40-34-26-18-10-9-17-25(26)33(42(34)2)39-29-21-13-5-3-11-19(21)27(35-29)37-31/h3-18H,1-2H3/q+2. The van der Waals surface area contributed by atoms with Crippen LogP contribution in [0, 0.1) is 0 Å². The first-order chi connectivity index (χ1) is 20.7. The maximum atomic E-state index is 5.16. The number of hydrogen-bond donors (Lipinski definition) is 0. The van der Waals surface area contributed by atoms with Gasteiger partial charge < -0.3 is 0 Å². The molecule has 0 fully saturated rings. The largest absolute Gasteiger partial charge is 0.273 e. The van der Waals surface area contributed by atoms with E-state index in [-0.39, 0.29) is 0 Å². The Labute approximate surface area is 241 Å². The van der Waals surface area contributed by atoms with Gasteiger partial charge in [-0.25, -0.2) is 9.15 Å². The van der Waals surface area contributed by atoms with Gasteiger partial charge in [0, 0.05) is 22.3 Å². The zero-order valence-electron chi connectivity index (χ0n) is 22.8. The number of fused-ring (bicyclic) bond motifs is 16. The van der Waals surface area contributed by atoms with Gasteiger partial charge in [0.25, 0.3) is 23.3 Å². The van der Waals surface area contributed by atoms with E-state index in [1.54, 1.807) is 0 Å². The lowest BCUT2D eigenvalue weighted by Gasteiger charge is -1.99. The lowest BCUT2D eigenvalue weighted by atomic mass is 10.1. The molecule has 4 aromatic rings. The highest BCUT2D eigenvalue weighted by atomic mass is 15.2. The second kappa shape index (κ2) is 8.37. The van der Waals surface area contributed by atoms with Gasteiger partial charge in [0.05, 0.1) is 36.3 Å². The summed E-state index contributed by atoms with van der Waals surface area (Å²) in [6.07, 6.45) is 0. The van der Waals surface area contributed by atoms with Crippen LogP contribution in [0.15, 0.2) is 127 Å². The smallest absolute Gasteiger partial charge is 0.229 e. The lowest BCUT2D eigenvalue weighted by molar-refractivity contribution is -0.366. The van der Waals surface area contributed by atoms with Crippen molar-refractivity contribution < 1.29 is 9.15 Å². The Kier molecular flexibility index (Phi) is 4.58. The minimum absolute atomic E-state index is 0.622. The van der Waals surface area contributed by atoms with Crippen LogP contribution in [-0.2, 0) is 0 Å². The minimum Gasteiger partial charge on any atom is -0.229 e. The zero-order chi connectivity index (χ0) is 27.9. The summed E-state index contributed by atoms with van der Waals surface area (Å²) >= 11 is 0. The third kappa shape index (κ3) is 3.11. The van der Waals surface area contributed by atoms with Gasteiger partial charge >= 0.3 is 0 Å². The highest BCUT2D eigenvalue weighted by Crippen LogP contribution is 2.29. The molecule has 0 aliphatic carbocycles. The van der Waals surface area contributed by atoms with Crippen LogP contribution < -0.4 is 0 Å². The van der Waals surface area contributed by atoms with Gasteiger partial charge in [0.15, 0.2) is 0 Å². The molecule has 5 aliphatic rings. The Balaban J connectivity index is 1.40. The van der Waals surface area contributed by atoms with Gasteiger partial charge in [0.2, 0.25) is 23.3 Å². The van der Waals surface area contributed by atoms with Crippen LogP contribution >= 0.6 is 0 Å². The van der Waals surface area contributed by atoms with Crippen LogP contribution in [0.5, 0.6) is 0 Å². The van der Waals surface area contributed by atoms with E-state index >= 15 is 0 Å². The van der Waals surface area contributed by atoms with E-state index < -0.39 is 0 Å². The van der Waals surface area contributed by atoms with E-state index in [1.165, 1.54) is 0 Å². The number of hydrogen-bond acceptors (Lipinski definition) is 6. The Morgan fingerprint density at radius 1 is 0.333 bits per heavy atom. The van der Waals surface area contributed by atoms with Gasteiger partial charge in [-0.3, -0.25) is 0 Å². The molecule has 8 nitrogen and oxygen atoms in total. The lowest BCUT2D eigenvalue weighted by Crippen LogP contribution is -2.19. The maximum Gasteiger partial charge on any atom is 0.273 e. The van der Waals surface area contributed by atoms with Crippen molar-refractivity contribution in [2.24, 2.45) is 30.0 Å². The van der Waals surface area contributed by atoms with E-state index in [0.717, 1.165) is 67.9 Å². The molecule has 0 radical (unpaired) electrons. The van der Waals surface area contributed by atoms with E-state index in [1.807, 2.05) is 71.8 Å². The molecule has 9 rings (SSSR count). The fraction of sp³-hybridized carbons (Fsp3) is 0.0588. The quantitative estimate of drug-likeness (QED) is 0.300. The van der Waals surface area contributed by atoms with Gasteiger partial charge in [-0.15, -0.1) is 0 Å². The molecule has 4 aromatic carbocycles. The van der Waals surface area contributed by atoms with E-state index in [2.05, 4.69) is 48.5 Å². The van der Waals surface area contributed by atoms with Crippen molar-refractivity contribution in [1.82, 2.24) is 0 Å². The molecule has 0 amide bonds. The van der Waals surface area contributed by atoms with Gasteiger partial charge in [-0.2, -0.15) is 9.98 Å². The third-order valence-electron chi connectivity index (χ3n) is 8.18. The van der Waals surface area contributed by atoms with Crippen molar-refractivity contribution in [1.29, 1.82) is 0 Å². The second-order valence-electron chi connectivity index (χ2n) is 10.6. The number of rotatable bonds is 0. The van der Waals surface area contributed by atoms with Crippen LogP contribution in [0.3, 0.4) is 0 Å². The van der Waals surface area contributed by atoms with Crippen LogP contribution in [-0.4, -0.2) is 69.9 Å². The number of nitrogens with zero attached hydrogens (tertiary/aromatic N) is 8. The number of amidine groups is 8. The Bertz CT molecular complexity index is 2050. The minimum atomic E-state index is 0.622. The molecule has 0 unspecified atom stereocenters. The monoisotopic (exact) mass is 542 g/mol. The average Bonchev–Trinajstić information content (AvgIpc) is 3.71. The SMILES string of the molecule is C[N+]1=C2N=C3N=C(N=C4c5ccccc5C(=[N+]4C)N=C4N=C(N=C1c1ccccc12)c1ccccc14)c1ccccc13. The van der Waals surface area contributed by atoms with E-state index in [4.69, 9.17) is 30.0 Å². The van der Waals surface area contributed by atoms with Crippen LogP contribution in [0.25, 0.3) is 0 Å². The predicted molar refractivity (Wildman–Crippen MR) is 166 cm³/mol. The first-order valence-electron chi connectivity index (χ1n) is 13.8. The molecular formula is C34H22N8+2. The first-order valence-corrected chi connectivity index (χ1v) is 13.8. The molecule has 196 valence electrons. The Morgan fingerprint density at radius 3 is 0.976 bits per heavy atom. The summed E-state index contributed by atoms with van der Waals surface area (Å²) in [7, 11) is 3.98. The molecule has 0 saturated heterocycles. The topological polar surface area (TPSA) is 80.2 Å². The highest BCUT2D eigenvalue weighted by Gasteiger charge is 2.39. The molecular weight excluding hydrogens is 520 g/mol. The molecule has 0 spiro atoms. The summed E-state index contributed by atoms with van der Waals surface area (Å²) in [6, 6.07) is 32.7. The van der Waals surface area contributed by atoms with Gasteiger partial charge in [-0.05, 0) is 48.5 Å². The maximum absolute atomic E-state index is 5.16. The molecule has 8 bridgehead atoms. The molecule has 0 atom stereocenters. The average molecular weight is 543 g/mol. The normalized spacial score (nSPS) is 17.5. The van der Waals surface area contributed by atoms with E-state index in [9.17, 15) is 0 Å². The van der Waals surface area contributed by atoms with Crippen molar-refractivity contribution in [2.75, 3.05) is 14.1 Å². The predicted octanol–water partition coefficient (Wildman–Crippen LogP) is 4.11. The Hall–Kier alpha value is -5.76. The van der Waals surface area contributed by atoms with Crippen molar-refractivity contribution in [2.45, 2.75) is 0 Å². The zero-order valence-corrected chi connectivity index (χ0v) is 22.8. The fourth-order valence-electron chi connectivity index (χ4n) is 6.14. The first kappa shape index (κ1) is 23.0. The summed E-state index contributed by atoms with van der Waals surface area (Å²) in [5.41, 5.74) is 7.75. The fourth-order valence-corrected chi connectivity index (χ4v) is 6.14. The van der Waals surface area contributed by atoms with E-state index in [0.29, 0.717) is 23.3 Å². The van der Waals surface area contributed by atoms with Gasteiger partial charge in [0.1, 0.15) is 0 Å². The molecule has 0 N–H and O–H groups in total. The summed E-state index contributed by atoms with van der Waals surface area (Å²) in [4.78, 5) is 30.6. The summed E-state index contributed by atoms with van der Waals surface area (Å²) < 4.78 is 4.04. The third-order valence-corrected chi connectivity index (χ3v) is 8.18. The van der Waals surface area contributed by atoms with Crippen molar-refractivity contribution in [3.63, 3.8) is 0 Å². The molecule has 5 aliphatic heterocycles. The summed E-state index contributed by atoms with van der Waals surface area (Å²) in [5, 5.41) is 0. The van der Waals surface area contributed by atoms with Crippen LogP contribution in [0.4, 0.5) is 0 Å². The number of benzene rings is 4. The van der Waals surface area contributed by atoms with Crippen LogP contribution in [0.1, 0.15) is 44.5 Å². The highest BCUT2D eigenvalue weighted by molar-refractivity contribution is 6.32. The Morgan fingerprint density at radius 2 is 0.619 bits per heavy atom. The molecule has 0 saturated carbocycles. The van der Waals surface area contributed by atoms with Crippen LogP contribution in [0.2, 0.25) is 0 Å². The summed E-state index contributed by atoms with van der Waals surface area (Å²) in [6.45, 7) is 0.